The first-order valence-electron chi connectivity index (χ1n) is 12.1. The maximum absolute atomic E-state index is 12.4. The molecule has 0 unspecified atom stereocenters. The summed E-state index contributed by atoms with van der Waals surface area (Å²) in [5.74, 6) is 1.25. The van der Waals surface area contributed by atoms with Gasteiger partial charge in [-0.2, -0.15) is 0 Å². The van der Waals surface area contributed by atoms with E-state index in [-0.39, 0.29) is 5.78 Å². The summed E-state index contributed by atoms with van der Waals surface area (Å²) in [5.41, 5.74) is 4.08. The summed E-state index contributed by atoms with van der Waals surface area (Å²) < 4.78 is 0. The summed E-state index contributed by atoms with van der Waals surface area (Å²) in [4.78, 5) is 13.7. The van der Waals surface area contributed by atoms with E-state index in [1.807, 2.05) is 43.8 Å². The third-order valence-electron chi connectivity index (χ3n) is 5.58. The number of rotatable bonds is 15. The van der Waals surface area contributed by atoms with E-state index < -0.39 is 0 Å². The van der Waals surface area contributed by atoms with Crippen LogP contribution < -0.4 is 0 Å². The lowest BCUT2D eigenvalue weighted by atomic mass is 10.0. The molecule has 2 aromatic carbocycles. The Morgan fingerprint density at radius 1 is 0.774 bits per heavy atom. The Kier molecular flexibility index (Phi) is 12.4. The predicted molar refractivity (Wildman–Crippen MR) is 138 cm³/mol. The molecule has 0 aliphatic heterocycles. The number of ketones is 1. The lowest BCUT2D eigenvalue weighted by molar-refractivity contribution is 0.104. The number of hydrogen-bond acceptors (Lipinski definition) is 2. The van der Waals surface area contributed by atoms with Crippen LogP contribution in [0.5, 0.6) is 0 Å². The van der Waals surface area contributed by atoms with Crippen molar-refractivity contribution in [2.24, 2.45) is 0 Å². The number of carbonyl (C=O) groups is 1. The molecule has 0 radical (unpaired) electrons. The number of unbranched alkanes of at least 4 members (excludes halogenated alkanes) is 9. The SMILES string of the molecule is CCCCCCCCCCCCSc1ccc(C=CC(=O)c2cc(C)cc(C)c2)cc1. The number of aryl methyl sites for hydroxylation is 2. The lowest BCUT2D eigenvalue weighted by Gasteiger charge is -2.04. The standard InChI is InChI=1S/C29H40OS/c1-4-5-6-7-8-9-10-11-12-13-20-31-28-17-14-26(15-18-28)16-19-29(30)27-22-24(2)21-25(3)23-27/h14-19,21-23H,4-13,20H2,1-3H3. The molecule has 0 aromatic heterocycles. The second kappa shape index (κ2) is 15.1. The van der Waals surface area contributed by atoms with Gasteiger partial charge >= 0.3 is 0 Å². The first kappa shape index (κ1) is 25.5. The summed E-state index contributed by atoms with van der Waals surface area (Å²) in [6, 6.07) is 14.5. The van der Waals surface area contributed by atoms with Crippen molar-refractivity contribution in [2.75, 3.05) is 5.75 Å². The summed E-state index contributed by atoms with van der Waals surface area (Å²) in [5, 5.41) is 0. The van der Waals surface area contributed by atoms with Gasteiger partial charge in [0.25, 0.3) is 0 Å². The molecule has 1 nitrogen and oxygen atoms in total. The Morgan fingerprint density at radius 3 is 1.90 bits per heavy atom. The molecule has 0 N–H and O–H groups in total. The minimum atomic E-state index is 0.0613. The molecular weight excluding hydrogens is 396 g/mol. The van der Waals surface area contributed by atoms with Crippen LogP contribution in [0, 0.1) is 13.8 Å². The fourth-order valence-corrected chi connectivity index (χ4v) is 4.75. The van der Waals surface area contributed by atoms with Gasteiger partial charge in [-0.3, -0.25) is 4.79 Å². The average Bonchev–Trinajstić information content (AvgIpc) is 2.76. The van der Waals surface area contributed by atoms with Crippen LogP contribution >= 0.6 is 11.8 Å². The fourth-order valence-electron chi connectivity index (χ4n) is 3.84. The van der Waals surface area contributed by atoms with Gasteiger partial charge in [0.15, 0.2) is 5.78 Å². The van der Waals surface area contributed by atoms with Gasteiger partial charge in [0.1, 0.15) is 0 Å². The van der Waals surface area contributed by atoms with Crippen LogP contribution in [0.15, 0.2) is 53.4 Å². The van der Waals surface area contributed by atoms with Gasteiger partial charge < -0.3 is 0 Å². The molecule has 2 heteroatoms. The van der Waals surface area contributed by atoms with E-state index >= 15 is 0 Å². The van der Waals surface area contributed by atoms with Crippen LogP contribution in [0.2, 0.25) is 0 Å². The number of allylic oxidation sites excluding steroid dienone is 1. The predicted octanol–water partition coefficient (Wildman–Crippen LogP) is 9.21. The zero-order valence-corrected chi connectivity index (χ0v) is 20.6. The van der Waals surface area contributed by atoms with Crippen LogP contribution in [0.4, 0.5) is 0 Å². The molecule has 0 bridgehead atoms. The Bertz CT molecular complexity index is 784. The van der Waals surface area contributed by atoms with Gasteiger partial charge in [-0.1, -0.05) is 100 Å². The van der Waals surface area contributed by atoms with E-state index in [9.17, 15) is 4.79 Å². The van der Waals surface area contributed by atoms with E-state index in [0.29, 0.717) is 0 Å². The van der Waals surface area contributed by atoms with E-state index in [2.05, 4.69) is 37.3 Å². The van der Waals surface area contributed by atoms with Crippen LogP contribution in [0.25, 0.3) is 6.08 Å². The van der Waals surface area contributed by atoms with Gasteiger partial charge in [-0.15, -0.1) is 11.8 Å². The highest BCUT2D eigenvalue weighted by Crippen LogP contribution is 2.21. The van der Waals surface area contributed by atoms with E-state index in [1.165, 1.54) is 74.9 Å². The zero-order chi connectivity index (χ0) is 22.3. The molecule has 0 saturated carbocycles. The Balaban J connectivity index is 1.62. The molecule has 0 saturated heterocycles. The number of hydrogen-bond donors (Lipinski definition) is 0. The average molecular weight is 437 g/mol. The third-order valence-corrected chi connectivity index (χ3v) is 6.68. The van der Waals surface area contributed by atoms with Crippen molar-refractivity contribution in [1.29, 1.82) is 0 Å². The largest absolute Gasteiger partial charge is 0.289 e. The number of carbonyl (C=O) groups excluding carboxylic acids is 1. The highest BCUT2D eigenvalue weighted by atomic mass is 32.2. The van der Waals surface area contributed by atoms with Gasteiger partial charge in [-0.25, -0.2) is 0 Å². The zero-order valence-electron chi connectivity index (χ0n) is 19.8. The minimum Gasteiger partial charge on any atom is -0.289 e. The molecule has 0 heterocycles. The molecular formula is C29H40OS. The van der Waals surface area contributed by atoms with Crippen LogP contribution in [0.1, 0.15) is 98.2 Å². The van der Waals surface area contributed by atoms with Gasteiger partial charge in [0.05, 0.1) is 0 Å². The normalized spacial score (nSPS) is 11.3. The first-order chi connectivity index (χ1) is 15.1. The molecule has 0 aliphatic carbocycles. The molecule has 0 atom stereocenters. The topological polar surface area (TPSA) is 17.1 Å². The molecule has 2 rings (SSSR count). The molecule has 0 spiro atoms. The van der Waals surface area contributed by atoms with E-state index in [1.54, 1.807) is 6.08 Å². The van der Waals surface area contributed by atoms with Crippen molar-refractivity contribution in [3.8, 4) is 0 Å². The summed E-state index contributed by atoms with van der Waals surface area (Å²) in [6.07, 6.45) is 17.4. The fraction of sp³-hybridized carbons (Fsp3) is 0.483. The minimum absolute atomic E-state index is 0.0613. The van der Waals surface area contributed by atoms with Crippen molar-refractivity contribution < 1.29 is 4.79 Å². The summed E-state index contributed by atoms with van der Waals surface area (Å²) in [7, 11) is 0. The molecule has 0 aliphatic rings. The Morgan fingerprint density at radius 2 is 1.32 bits per heavy atom. The maximum Gasteiger partial charge on any atom is 0.185 e. The van der Waals surface area contributed by atoms with Gasteiger partial charge in [0, 0.05) is 10.5 Å². The van der Waals surface area contributed by atoms with Crippen molar-refractivity contribution in [1.82, 2.24) is 0 Å². The van der Waals surface area contributed by atoms with Crippen LogP contribution in [-0.4, -0.2) is 11.5 Å². The smallest absolute Gasteiger partial charge is 0.185 e. The highest BCUT2D eigenvalue weighted by molar-refractivity contribution is 7.99. The second-order valence-electron chi connectivity index (χ2n) is 8.67. The molecule has 168 valence electrons. The monoisotopic (exact) mass is 436 g/mol. The van der Waals surface area contributed by atoms with E-state index in [0.717, 1.165) is 22.3 Å². The first-order valence-corrected chi connectivity index (χ1v) is 13.1. The van der Waals surface area contributed by atoms with E-state index in [4.69, 9.17) is 0 Å². The molecule has 0 amide bonds. The molecule has 31 heavy (non-hydrogen) atoms. The maximum atomic E-state index is 12.4. The summed E-state index contributed by atoms with van der Waals surface area (Å²) >= 11 is 1.94. The number of benzene rings is 2. The molecule has 0 fully saturated rings. The second-order valence-corrected chi connectivity index (χ2v) is 9.84. The third kappa shape index (κ3) is 10.9. The van der Waals surface area contributed by atoms with Crippen molar-refractivity contribution >= 4 is 23.6 Å². The van der Waals surface area contributed by atoms with Crippen molar-refractivity contribution in [2.45, 2.75) is 89.9 Å². The highest BCUT2D eigenvalue weighted by Gasteiger charge is 2.03. The van der Waals surface area contributed by atoms with Gasteiger partial charge in [0.2, 0.25) is 0 Å². The summed E-state index contributed by atoms with van der Waals surface area (Å²) in [6.45, 7) is 6.33. The quantitative estimate of drug-likeness (QED) is 0.120. The van der Waals surface area contributed by atoms with Gasteiger partial charge in [-0.05, 0) is 61.9 Å². The van der Waals surface area contributed by atoms with Crippen molar-refractivity contribution in [3.05, 3.63) is 70.8 Å². The lowest BCUT2D eigenvalue weighted by Crippen LogP contribution is -1.95. The van der Waals surface area contributed by atoms with Crippen LogP contribution in [0.3, 0.4) is 0 Å². The Labute approximate surface area is 194 Å². The van der Waals surface area contributed by atoms with Crippen molar-refractivity contribution in [3.63, 3.8) is 0 Å². The number of thioether (sulfide) groups is 1. The molecule has 2 aromatic rings. The van der Waals surface area contributed by atoms with Crippen LogP contribution in [-0.2, 0) is 0 Å². The Hall–Kier alpha value is -1.80.